The number of amides is 6. The van der Waals surface area contributed by atoms with Crippen LogP contribution in [0.25, 0.3) is 21.8 Å². The van der Waals surface area contributed by atoms with Gasteiger partial charge in [-0.2, -0.15) is 10.2 Å². The monoisotopic (exact) mass is 694 g/mol. The molecule has 0 unspecified atom stereocenters. The number of nitrogens with zero attached hydrogens (tertiary/aromatic N) is 4. The predicted molar refractivity (Wildman–Crippen MR) is 190 cm³/mol. The van der Waals surface area contributed by atoms with Gasteiger partial charge in [0, 0.05) is 32.3 Å². The lowest BCUT2D eigenvalue weighted by Crippen LogP contribution is -2.31. The van der Waals surface area contributed by atoms with E-state index in [1.807, 2.05) is 74.5 Å². The van der Waals surface area contributed by atoms with Gasteiger partial charge in [0.2, 0.25) is 11.8 Å². The first-order chi connectivity index (χ1) is 24.5. The van der Waals surface area contributed by atoms with E-state index < -0.39 is 11.8 Å². The smallest absolute Gasteiger partial charge is 0.320 e. The molecular weight excluding hydrogens is 659 g/mol. The van der Waals surface area contributed by atoms with Crippen LogP contribution in [-0.2, 0) is 9.59 Å². The van der Waals surface area contributed by atoms with Crippen LogP contribution in [0, 0.1) is 5.82 Å². The molecule has 262 valence electrons. The number of fused-ring (bicyclic) bond motifs is 2. The highest BCUT2D eigenvalue weighted by molar-refractivity contribution is 6.01. The molecule has 8 N–H and O–H groups in total. The van der Waals surface area contributed by atoms with Crippen molar-refractivity contribution in [3.05, 3.63) is 96.1 Å². The number of anilines is 4. The summed E-state index contributed by atoms with van der Waals surface area (Å²) in [6.07, 6.45) is 2.86. The van der Waals surface area contributed by atoms with E-state index in [0.29, 0.717) is 27.9 Å². The molecule has 0 bridgehead atoms. The van der Waals surface area contributed by atoms with Gasteiger partial charge in [-0.25, -0.2) is 23.9 Å². The summed E-state index contributed by atoms with van der Waals surface area (Å²) in [6, 6.07) is 19.3. The largest absolute Gasteiger partial charge is 0.331 e. The molecule has 2 atom stereocenters. The van der Waals surface area contributed by atoms with Gasteiger partial charge in [-0.1, -0.05) is 60.7 Å². The molecule has 6 amide bonds. The number of carbonyl (C=O) groups is 4. The van der Waals surface area contributed by atoms with Crippen molar-refractivity contribution in [3.63, 3.8) is 0 Å². The van der Waals surface area contributed by atoms with Crippen molar-refractivity contribution in [2.75, 3.05) is 21.3 Å². The lowest BCUT2D eigenvalue weighted by atomic mass is 10.1. The van der Waals surface area contributed by atoms with Crippen molar-refractivity contribution < 1.29 is 23.6 Å². The zero-order valence-electron chi connectivity index (χ0n) is 28.0. The summed E-state index contributed by atoms with van der Waals surface area (Å²) in [5.74, 6) is -0.609. The van der Waals surface area contributed by atoms with E-state index in [0.717, 1.165) is 11.1 Å². The normalized spacial score (nSPS) is 11.8. The van der Waals surface area contributed by atoms with Gasteiger partial charge in [0.1, 0.15) is 11.3 Å². The Morgan fingerprint density at radius 1 is 0.647 bits per heavy atom. The summed E-state index contributed by atoms with van der Waals surface area (Å²) in [4.78, 5) is 54.6. The lowest BCUT2D eigenvalue weighted by molar-refractivity contribution is -0.115. The molecule has 17 heteroatoms. The first-order valence-electron chi connectivity index (χ1n) is 15.6. The van der Waals surface area contributed by atoms with Gasteiger partial charge in [-0.05, 0) is 25.0 Å². The number of aromatic nitrogens is 6. The van der Waals surface area contributed by atoms with Gasteiger partial charge >= 0.3 is 12.1 Å². The van der Waals surface area contributed by atoms with Crippen molar-refractivity contribution in [3.8, 4) is 0 Å². The molecule has 4 heterocycles. The standard InChI is InChI=1S/C17H17FN6O2.C17H18N6O2/c1-9(11-6-4-3-5-7-11)20-17(26)22-16-13(18)14-12(8-19-16)15(24-23-14)21-10(2)25;1-10(12-6-4-3-5-7-12)19-17(25)21-15-8-14-13(9-18-15)16(23-22-14)20-11(2)24/h3-9H,1-2H3,(H2,19,20,22,26)(H2,21,23,24,25);3-10H,1-2H3,(H2,18,19,21,25)(H2,20,22,23,24)/t9-;10-/m11/s1. The van der Waals surface area contributed by atoms with Gasteiger partial charge in [-0.3, -0.25) is 30.4 Å². The Morgan fingerprint density at radius 3 is 1.73 bits per heavy atom. The molecule has 0 saturated carbocycles. The number of urea groups is 2. The van der Waals surface area contributed by atoms with E-state index in [-0.39, 0.29) is 47.1 Å². The van der Waals surface area contributed by atoms with E-state index in [4.69, 9.17) is 0 Å². The molecule has 0 radical (unpaired) electrons. The Morgan fingerprint density at radius 2 is 1.16 bits per heavy atom. The second kappa shape index (κ2) is 16.0. The Labute approximate surface area is 290 Å². The molecular formula is C34H35FN12O4. The third-order valence-corrected chi connectivity index (χ3v) is 7.36. The Kier molecular flexibility index (Phi) is 11.1. The van der Waals surface area contributed by atoms with Crippen molar-refractivity contribution in [2.45, 2.75) is 39.8 Å². The minimum atomic E-state index is -0.769. The summed E-state index contributed by atoms with van der Waals surface area (Å²) >= 11 is 0. The van der Waals surface area contributed by atoms with Crippen LogP contribution in [0.15, 0.2) is 79.1 Å². The molecule has 0 aliphatic carbocycles. The van der Waals surface area contributed by atoms with Crippen molar-refractivity contribution in [1.82, 2.24) is 41.0 Å². The predicted octanol–water partition coefficient (Wildman–Crippen LogP) is 5.74. The van der Waals surface area contributed by atoms with E-state index in [9.17, 15) is 23.6 Å². The van der Waals surface area contributed by atoms with Crippen LogP contribution in [0.3, 0.4) is 0 Å². The Hall–Kier alpha value is -6.91. The zero-order chi connectivity index (χ0) is 36.5. The first kappa shape index (κ1) is 35.4. The molecule has 0 spiro atoms. The molecule has 16 nitrogen and oxygen atoms in total. The number of aromatic amines is 2. The fourth-order valence-corrected chi connectivity index (χ4v) is 4.88. The fourth-order valence-electron chi connectivity index (χ4n) is 4.88. The van der Waals surface area contributed by atoms with Gasteiger partial charge < -0.3 is 21.3 Å². The number of hydrogen-bond donors (Lipinski definition) is 8. The number of benzene rings is 2. The average Bonchev–Trinajstić information content (AvgIpc) is 3.70. The molecule has 6 aromatic rings. The highest BCUT2D eigenvalue weighted by Gasteiger charge is 2.18. The summed E-state index contributed by atoms with van der Waals surface area (Å²) < 4.78 is 14.6. The SMILES string of the molecule is CC(=O)Nc1n[nH]c2c(F)c(NC(=O)N[C@H](C)c3ccccc3)ncc12.CC(=O)Nc1n[nH]c2cc(NC(=O)N[C@H](C)c3ccccc3)ncc12. The van der Waals surface area contributed by atoms with E-state index in [2.05, 4.69) is 62.3 Å². The van der Waals surface area contributed by atoms with Crippen LogP contribution in [0.4, 0.5) is 37.3 Å². The highest BCUT2D eigenvalue weighted by Crippen LogP contribution is 2.26. The first-order valence-corrected chi connectivity index (χ1v) is 15.6. The number of rotatable bonds is 8. The fraction of sp³-hybridized carbons (Fsp3) is 0.176. The second-order valence-electron chi connectivity index (χ2n) is 11.3. The van der Waals surface area contributed by atoms with Crippen LogP contribution >= 0.6 is 0 Å². The van der Waals surface area contributed by atoms with Gasteiger partial charge in [-0.15, -0.1) is 0 Å². The van der Waals surface area contributed by atoms with Crippen molar-refractivity contribution in [1.29, 1.82) is 0 Å². The molecule has 6 rings (SSSR count). The van der Waals surface area contributed by atoms with Gasteiger partial charge in [0.05, 0.1) is 28.4 Å². The Balaban J connectivity index is 0.000000198. The second-order valence-corrected chi connectivity index (χ2v) is 11.3. The maximum atomic E-state index is 14.6. The highest BCUT2D eigenvalue weighted by atomic mass is 19.1. The number of pyridine rings is 2. The van der Waals surface area contributed by atoms with Gasteiger partial charge in [0.25, 0.3) is 0 Å². The number of carbonyl (C=O) groups excluding carboxylic acids is 4. The third-order valence-electron chi connectivity index (χ3n) is 7.36. The van der Waals surface area contributed by atoms with E-state index >= 15 is 0 Å². The lowest BCUT2D eigenvalue weighted by Gasteiger charge is -2.15. The van der Waals surface area contributed by atoms with Crippen LogP contribution in [0.5, 0.6) is 0 Å². The van der Waals surface area contributed by atoms with Crippen molar-refractivity contribution >= 4 is 69.0 Å². The minimum Gasteiger partial charge on any atom is -0.331 e. The van der Waals surface area contributed by atoms with E-state index in [1.54, 1.807) is 12.3 Å². The van der Waals surface area contributed by atoms with Crippen LogP contribution < -0.4 is 31.9 Å². The summed E-state index contributed by atoms with van der Waals surface area (Å²) in [5.41, 5.74) is 2.62. The molecule has 0 fully saturated rings. The maximum absolute atomic E-state index is 14.6. The molecule has 0 aliphatic rings. The van der Waals surface area contributed by atoms with Crippen LogP contribution in [-0.4, -0.2) is 54.2 Å². The topological polar surface area (TPSA) is 224 Å². The number of H-pyrrole nitrogens is 2. The Bertz CT molecular complexity index is 2170. The molecule has 2 aromatic carbocycles. The molecule has 51 heavy (non-hydrogen) atoms. The maximum Gasteiger partial charge on any atom is 0.320 e. The molecule has 0 saturated heterocycles. The minimum absolute atomic E-state index is 0.0372. The van der Waals surface area contributed by atoms with Gasteiger partial charge in [0.15, 0.2) is 23.3 Å². The summed E-state index contributed by atoms with van der Waals surface area (Å²) in [6.45, 7) is 6.44. The molecule has 0 aliphatic heterocycles. The van der Waals surface area contributed by atoms with Crippen LogP contribution in [0.2, 0.25) is 0 Å². The number of nitrogens with one attached hydrogen (secondary N) is 8. The quantitative estimate of drug-likeness (QED) is 0.0979. The summed E-state index contributed by atoms with van der Waals surface area (Å²) in [5, 5.41) is 29.8. The summed E-state index contributed by atoms with van der Waals surface area (Å²) in [7, 11) is 0. The zero-order valence-corrected chi connectivity index (χ0v) is 28.0. The van der Waals surface area contributed by atoms with E-state index in [1.165, 1.54) is 20.0 Å². The third kappa shape index (κ3) is 9.17. The van der Waals surface area contributed by atoms with Crippen molar-refractivity contribution in [2.24, 2.45) is 0 Å². The molecule has 4 aromatic heterocycles. The number of halogens is 1. The van der Waals surface area contributed by atoms with Crippen LogP contribution in [0.1, 0.15) is 50.9 Å². The average molecular weight is 695 g/mol. The number of hydrogen-bond acceptors (Lipinski definition) is 8.